The Morgan fingerprint density at radius 3 is 2.51 bits per heavy atom. The number of aliphatic imine (C=N–C) groups is 1. The molecule has 7 N–H and O–H groups in total. The van der Waals surface area contributed by atoms with Gasteiger partial charge in [0.2, 0.25) is 5.91 Å². The molecule has 3 fully saturated rings. The third-order valence-corrected chi connectivity index (χ3v) is 12.5. The SMILES string of the molecule is C[C@]12CC[C@H](OC(=O)CCCCCC(=O)N[C@@H](CCCN=C(N)N)C(=O)O)C=C1CC[C@@H]1[C@@H]2CC[C@]2(C)[C@@H](c3ccc(=O)oc3)CC[C@]12O. The van der Waals surface area contributed by atoms with Crippen LogP contribution in [-0.4, -0.2) is 58.3 Å². The summed E-state index contributed by atoms with van der Waals surface area (Å²) < 4.78 is 11.1. The quantitative estimate of drug-likeness (QED) is 0.0618. The number of carbonyl (C=O) groups is 3. The van der Waals surface area contributed by atoms with Gasteiger partial charge >= 0.3 is 17.6 Å². The van der Waals surface area contributed by atoms with Gasteiger partial charge in [-0.25, -0.2) is 9.59 Å². The molecule has 5 rings (SSSR count). The largest absolute Gasteiger partial charge is 0.480 e. The van der Waals surface area contributed by atoms with E-state index in [1.54, 1.807) is 6.26 Å². The molecule has 12 nitrogen and oxygen atoms in total. The molecule has 0 radical (unpaired) electrons. The molecule has 1 aromatic rings. The van der Waals surface area contributed by atoms with Gasteiger partial charge in [0, 0.05) is 30.9 Å². The highest BCUT2D eigenvalue weighted by atomic mass is 16.5. The number of amides is 1. The molecule has 0 bridgehead atoms. The lowest BCUT2D eigenvalue weighted by molar-refractivity contribution is -0.178. The second-order valence-electron chi connectivity index (χ2n) is 15.3. The number of nitrogens with zero attached hydrogens (tertiary/aromatic N) is 1. The summed E-state index contributed by atoms with van der Waals surface area (Å²) >= 11 is 0. The fourth-order valence-electron chi connectivity index (χ4n) is 9.85. The van der Waals surface area contributed by atoms with E-state index in [2.05, 4.69) is 30.2 Å². The number of nitrogens with one attached hydrogen (secondary N) is 1. The minimum absolute atomic E-state index is 0.0346. The van der Waals surface area contributed by atoms with Crippen molar-refractivity contribution in [2.45, 2.75) is 134 Å². The zero-order chi connectivity index (χ0) is 35.4. The van der Waals surface area contributed by atoms with Crippen LogP contribution in [0.3, 0.4) is 0 Å². The van der Waals surface area contributed by atoms with Crippen molar-refractivity contribution in [2.75, 3.05) is 6.54 Å². The highest BCUT2D eigenvalue weighted by Gasteiger charge is 2.66. The third kappa shape index (κ3) is 7.74. The lowest BCUT2D eigenvalue weighted by Crippen LogP contribution is -2.60. The van der Waals surface area contributed by atoms with Crippen LogP contribution in [0.4, 0.5) is 0 Å². The van der Waals surface area contributed by atoms with Crippen LogP contribution in [0, 0.1) is 22.7 Å². The van der Waals surface area contributed by atoms with Crippen LogP contribution >= 0.6 is 0 Å². The maximum atomic E-state index is 12.8. The number of aliphatic carboxylic acids is 1. The van der Waals surface area contributed by atoms with Gasteiger partial charge in [-0.05, 0) is 118 Å². The Hall–Kier alpha value is -3.67. The third-order valence-electron chi connectivity index (χ3n) is 12.5. The lowest BCUT2D eigenvalue weighted by Gasteiger charge is -2.61. The van der Waals surface area contributed by atoms with E-state index >= 15 is 0 Å². The molecule has 12 heteroatoms. The number of esters is 1. The van der Waals surface area contributed by atoms with Crippen LogP contribution in [0.5, 0.6) is 0 Å². The molecule has 1 heterocycles. The Bertz CT molecular complexity index is 1480. The summed E-state index contributed by atoms with van der Waals surface area (Å²) in [5, 5.41) is 24.4. The molecule has 0 aromatic carbocycles. The van der Waals surface area contributed by atoms with Gasteiger partial charge in [-0.1, -0.05) is 25.8 Å². The monoisotopic (exact) mass is 682 g/mol. The average molecular weight is 683 g/mol. The lowest BCUT2D eigenvalue weighted by atomic mass is 9.45. The number of fused-ring (bicyclic) bond motifs is 5. The number of ether oxygens (including phenoxy) is 1. The second-order valence-corrected chi connectivity index (χ2v) is 15.3. The van der Waals surface area contributed by atoms with E-state index in [1.165, 1.54) is 11.6 Å². The number of nitrogens with two attached hydrogens (primary N) is 2. The summed E-state index contributed by atoms with van der Waals surface area (Å²) in [7, 11) is 0. The minimum atomic E-state index is -1.10. The molecule has 0 aliphatic heterocycles. The van der Waals surface area contributed by atoms with Gasteiger partial charge in [-0.3, -0.25) is 14.6 Å². The summed E-state index contributed by atoms with van der Waals surface area (Å²) in [5.41, 5.74) is 11.5. The first-order valence-electron chi connectivity index (χ1n) is 18.1. The van der Waals surface area contributed by atoms with Crippen molar-refractivity contribution in [1.29, 1.82) is 0 Å². The Morgan fingerprint density at radius 2 is 1.80 bits per heavy atom. The zero-order valence-electron chi connectivity index (χ0n) is 29.0. The van der Waals surface area contributed by atoms with Crippen molar-refractivity contribution in [3.8, 4) is 0 Å². The van der Waals surface area contributed by atoms with Crippen LogP contribution < -0.4 is 22.4 Å². The summed E-state index contributed by atoms with van der Waals surface area (Å²) in [6, 6.07) is 2.35. The number of rotatable bonds is 14. The number of carboxylic acid groups (broad SMARTS) is 1. The molecule has 1 amide bonds. The van der Waals surface area contributed by atoms with E-state index in [9.17, 15) is 29.4 Å². The predicted octanol–water partition coefficient (Wildman–Crippen LogP) is 4.29. The number of carboxylic acids is 1. The molecule has 4 aliphatic rings. The first kappa shape index (κ1) is 36.6. The Morgan fingerprint density at radius 1 is 1.02 bits per heavy atom. The van der Waals surface area contributed by atoms with Gasteiger partial charge in [0.1, 0.15) is 12.1 Å². The summed E-state index contributed by atoms with van der Waals surface area (Å²) in [6.45, 7) is 4.88. The molecule has 49 heavy (non-hydrogen) atoms. The molecule has 8 atom stereocenters. The van der Waals surface area contributed by atoms with Crippen molar-refractivity contribution < 1.29 is 33.8 Å². The number of guanidine groups is 1. The van der Waals surface area contributed by atoms with E-state index in [1.807, 2.05) is 6.07 Å². The molecule has 4 aliphatic carbocycles. The molecule has 0 spiro atoms. The van der Waals surface area contributed by atoms with Crippen molar-refractivity contribution in [3.63, 3.8) is 0 Å². The van der Waals surface area contributed by atoms with E-state index in [0.29, 0.717) is 38.1 Å². The van der Waals surface area contributed by atoms with E-state index < -0.39 is 17.6 Å². The number of unbranched alkanes of at least 4 members (excludes halogenated alkanes) is 2. The summed E-state index contributed by atoms with van der Waals surface area (Å²) in [5.74, 6) is -1.03. The molecule has 0 unspecified atom stereocenters. The number of aliphatic hydroxyl groups is 1. The molecule has 0 saturated heterocycles. The highest BCUT2D eigenvalue weighted by Crippen LogP contribution is 2.70. The molecular weight excluding hydrogens is 628 g/mol. The smallest absolute Gasteiger partial charge is 0.335 e. The maximum absolute atomic E-state index is 12.8. The number of hydrogen-bond acceptors (Lipinski definition) is 8. The Kier molecular flexibility index (Phi) is 11.3. The Balaban J connectivity index is 1.07. The highest BCUT2D eigenvalue weighted by molar-refractivity contribution is 5.83. The van der Waals surface area contributed by atoms with Gasteiger partial charge in [0.05, 0.1) is 11.9 Å². The number of allylic oxidation sites excluding steroid dienone is 1. The fourth-order valence-corrected chi connectivity index (χ4v) is 9.85. The van der Waals surface area contributed by atoms with Gasteiger partial charge < -0.3 is 36.2 Å². The molecule has 270 valence electrons. The van der Waals surface area contributed by atoms with Crippen molar-refractivity contribution in [1.82, 2.24) is 5.32 Å². The fraction of sp³-hybridized carbons (Fsp3) is 0.703. The maximum Gasteiger partial charge on any atom is 0.335 e. The summed E-state index contributed by atoms with van der Waals surface area (Å²) in [6.07, 6.45) is 13.4. The number of hydrogen-bond donors (Lipinski definition) is 5. The summed E-state index contributed by atoms with van der Waals surface area (Å²) in [4.78, 5) is 52.0. The van der Waals surface area contributed by atoms with E-state index in [0.717, 1.165) is 56.9 Å². The van der Waals surface area contributed by atoms with Crippen molar-refractivity contribution >= 4 is 23.8 Å². The first-order valence-corrected chi connectivity index (χ1v) is 18.1. The van der Waals surface area contributed by atoms with Crippen LogP contribution in [0.25, 0.3) is 0 Å². The van der Waals surface area contributed by atoms with Crippen molar-refractivity contribution in [3.05, 3.63) is 46.0 Å². The standard InChI is InChI=1S/C37H54N4O8/c1-35-17-14-25(49-32(44)9-5-3-4-8-30(42)41-29(33(45)46)7-6-20-40-34(38)39)21-24(35)11-12-28-27(35)15-18-36(2)26(16-19-37(28,36)47)23-10-13-31(43)48-22-23/h10,13,21-22,25-29,47H,3-9,11-12,14-20H2,1-2H3,(H,41,42)(H,45,46)(H4,38,39,40)/t25-,26+,27-,28+,29-,35-,36+,37-/m0/s1. The predicted molar refractivity (Wildman–Crippen MR) is 183 cm³/mol. The van der Waals surface area contributed by atoms with Crippen LogP contribution in [-0.2, 0) is 19.1 Å². The molecule has 1 aromatic heterocycles. The average Bonchev–Trinajstić information content (AvgIpc) is 3.33. The van der Waals surface area contributed by atoms with Crippen molar-refractivity contribution in [2.24, 2.45) is 39.1 Å². The molecular formula is C37H54N4O8. The van der Waals surface area contributed by atoms with E-state index in [4.69, 9.17) is 20.6 Å². The topological polar surface area (TPSA) is 208 Å². The number of carbonyl (C=O) groups excluding carboxylic acids is 2. The van der Waals surface area contributed by atoms with Gasteiger partial charge in [-0.15, -0.1) is 0 Å². The minimum Gasteiger partial charge on any atom is -0.480 e. The van der Waals surface area contributed by atoms with E-state index in [-0.39, 0.29) is 71.5 Å². The zero-order valence-corrected chi connectivity index (χ0v) is 29.0. The van der Waals surface area contributed by atoms with Gasteiger partial charge in [-0.2, -0.15) is 0 Å². The van der Waals surface area contributed by atoms with Crippen LogP contribution in [0.15, 0.2) is 44.2 Å². The normalized spacial score (nSPS) is 32.4. The van der Waals surface area contributed by atoms with Gasteiger partial charge in [0.25, 0.3) is 0 Å². The van der Waals surface area contributed by atoms with Crippen LogP contribution in [0.1, 0.15) is 122 Å². The molecule has 3 saturated carbocycles. The Labute approximate surface area is 288 Å². The van der Waals surface area contributed by atoms with Crippen LogP contribution in [0.2, 0.25) is 0 Å². The van der Waals surface area contributed by atoms with Gasteiger partial charge in [0.15, 0.2) is 5.96 Å². The first-order chi connectivity index (χ1) is 23.3. The second kappa shape index (κ2) is 15.1.